The van der Waals surface area contributed by atoms with Crippen molar-refractivity contribution < 1.29 is 29.3 Å². The van der Waals surface area contributed by atoms with E-state index < -0.39 is 10.8 Å². The minimum atomic E-state index is -0.639. The first-order valence-electron chi connectivity index (χ1n) is 12.7. The van der Waals surface area contributed by atoms with Crippen molar-refractivity contribution >= 4 is 24.2 Å². The second-order valence-electron chi connectivity index (χ2n) is 10.8. The van der Waals surface area contributed by atoms with Crippen LogP contribution in [0.2, 0.25) is 0 Å². The molecule has 0 heterocycles. The number of amides is 2. The van der Waals surface area contributed by atoms with E-state index in [2.05, 4.69) is 21.1 Å². The molecule has 0 spiro atoms. The van der Waals surface area contributed by atoms with Crippen molar-refractivity contribution in [1.29, 1.82) is 0 Å². The van der Waals surface area contributed by atoms with Crippen molar-refractivity contribution in [2.45, 2.75) is 38.5 Å². The van der Waals surface area contributed by atoms with E-state index in [-0.39, 0.29) is 23.3 Å². The number of carbonyl (C=O) groups is 2. The first-order chi connectivity index (χ1) is 18.3. The van der Waals surface area contributed by atoms with Crippen LogP contribution in [0.1, 0.15) is 49.7 Å². The zero-order valence-corrected chi connectivity index (χ0v) is 21.4. The third-order valence-electron chi connectivity index (χ3n) is 8.19. The molecular formula is C28H32N4O6. The number of benzene rings is 2. The molecule has 2 atom stereocenters. The molecule has 0 radical (unpaired) electrons. The summed E-state index contributed by atoms with van der Waals surface area (Å²) in [5, 5.41) is 27.8. The van der Waals surface area contributed by atoms with Crippen molar-refractivity contribution in [1.82, 2.24) is 10.9 Å². The van der Waals surface area contributed by atoms with E-state index in [1.807, 2.05) is 0 Å². The number of nitrogens with one attached hydrogen (secondary N) is 2. The lowest BCUT2D eigenvalue weighted by Gasteiger charge is -2.60. The smallest absolute Gasteiger partial charge is 0.246 e. The lowest BCUT2D eigenvalue weighted by atomic mass is 9.43. The zero-order valence-electron chi connectivity index (χ0n) is 21.4. The summed E-state index contributed by atoms with van der Waals surface area (Å²) in [6.07, 6.45) is 7.54. The summed E-state index contributed by atoms with van der Waals surface area (Å²) < 4.78 is 10.2. The summed E-state index contributed by atoms with van der Waals surface area (Å²) in [7, 11) is 2.93. The Morgan fingerprint density at radius 1 is 0.816 bits per heavy atom. The second-order valence-corrected chi connectivity index (χ2v) is 10.8. The van der Waals surface area contributed by atoms with E-state index in [0.717, 1.165) is 32.1 Å². The molecule has 4 aliphatic rings. The number of hydrazone groups is 2. The predicted octanol–water partition coefficient (Wildman–Crippen LogP) is 3.30. The number of rotatable bonds is 8. The van der Waals surface area contributed by atoms with Crippen LogP contribution in [0.5, 0.6) is 23.0 Å². The maximum atomic E-state index is 13.4. The van der Waals surface area contributed by atoms with Crippen LogP contribution in [0, 0.1) is 22.7 Å². The maximum Gasteiger partial charge on any atom is 0.246 e. The zero-order chi connectivity index (χ0) is 26.9. The fourth-order valence-corrected chi connectivity index (χ4v) is 6.91. The van der Waals surface area contributed by atoms with Gasteiger partial charge in [-0.2, -0.15) is 10.2 Å². The van der Waals surface area contributed by atoms with Gasteiger partial charge in [0.1, 0.15) is 0 Å². The molecule has 10 nitrogen and oxygen atoms in total. The van der Waals surface area contributed by atoms with Crippen molar-refractivity contribution in [3.05, 3.63) is 47.5 Å². The lowest BCUT2D eigenvalue weighted by molar-refractivity contribution is -0.167. The van der Waals surface area contributed by atoms with E-state index in [1.165, 1.54) is 38.8 Å². The average Bonchev–Trinajstić information content (AvgIpc) is 2.89. The van der Waals surface area contributed by atoms with Gasteiger partial charge in [0.2, 0.25) is 11.8 Å². The van der Waals surface area contributed by atoms with E-state index in [4.69, 9.17) is 9.47 Å². The number of nitrogens with zero attached hydrogens (tertiary/aromatic N) is 2. The summed E-state index contributed by atoms with van der Waals surface area (Å²) >= 11 is 0. The van der Waals surface area contributed by atoms with Gasteiger partial charge in [0, 0.05) is 0 Å². The van der Waals surface area contributed by atoms with E-state index in [1.54, 1.807) is 24.3 Å². The predicted molar refractivity (Wildman–Crippen MR) is 140 cm³/mol. The van der Waals surface area contributed by atoms with Crippen LogP contribution in [0.4, 0.5) is 0 Å². The van der Waals surface area contributed by atoms with Crippen LogP contribution >= 0.6 is 0 Å². The Hall–Kier alpha value is -4.08. The third kappa shape index (κ3) is 4.78. The van der Waals surface area contributed by atoms with Crippen LogP contribution in [-0.4, -0.2) is 48.7 Å². The number of methoxy groups -OCH3 is 2. The van der Waals surface area contributed by atoms with E-state index in [9.17, 15) is 19.8 Å². The van der Waals surface area contributed by atoms with Crippen molar-refractivity contribution in [2.24, 2.45) is 32.9 Å². The van der Waals surface area contributed by atoms with Gasteiger partial charge in [0.05, 0.1) is 37.5 Å². The highest BCUT2D eigenvalue weighted by atomic mass is 16.5. The summed E-state index contributed by atoms with van der Waals surface area (Å²) in [6, 6.07) is 9.61. The van der Waals surface area contributed by atoms with E-state index in [0.29, 0.717) is 40.9 Å². The highest BCUT2D eigenvalue weighted by molar-refractivity contribution is 5.90. The molecule has 0 saturated heterocycles. The average molecular weight is 521 g/mol. The first-order valence-corrected chi connectivity index (χ1v) is 12.7. The Morgan fingerprint density at radius 2 is 1.24 bits per heavy atom. The number of carbonyl (C=O) groups excluding carboxylic acids is 2. The Kier molecular flexibility index (Phi) is 6.73. The van der Waals surface area contributed by atoms with Crippen molar-refractivity contribution in [3.8, 4) is 23.0 Å². The molecule has 2 aromatic rings. The van der Waals surface area contributed by atoms with Gasteiger partial charge in [-0.1, -0.05) is 0 Å². The summed E-state index contributed by atoms with van der Waals surface area (Å²) in [4.78, 5) is 26.9. The fraction of sp³-hybridized carbons (Fsp3) is 0.429. The summed E-state index contributed by atoms with van der Waals surface area (Å²) in [5.74, 6) is 0.988. The van der Waals surface area contributed by atoms with Gasteiger partial charge in [0.25, 0.3) is 0 Å². The molecule has 38 heavy (non-hydrogen) atoms. The summed E-state index contributed by atoms with van der Waals surface area (Å²) in [5.41, 5.74) is 5.48. The molecule has 2 amide bonds. The normalized spacial score (nSPS) is 27.5. The molecule has 2 unspecified atom stereocenters. The molecule has 4 saturated carbocycles. The number of aromatic hydroxyl groups is 2. The summed E-state index contributed by atoms with van der Waals surface area (Å²) in [6.45, 7) is 0. The molecule has 0 aromatic heterocycles. The lowest BCUT2D eigenvalue weighted by Crippen LogP contribution is -2.60. The standard InChI is InChI=1S/C28H32N4O6/c1-37-23-8-17(3-5-21(23)33)14-29-31-25(35)27-10-19-7-20(11-27)13-28(12-19,16-27)26(36)32-30-15-18-4-6-22(34)24(9-18)38-2/h3-6,8-9,14-15,19-20,33-34H,7,10-13,16H2,1-2H3,(H,31,35)(H,32,36)/b29-14-,30-15+. The topological polar surface area (TPSA) is 142 Å². The Balaban J connectivity index is 1.27. The van der Waals surface area contributed by atoms with Crippen molar-refractivity contribution in [3.63, 3.8) is 0 Å². The third-order valence-corrected chi connectivity index (χ3v) is 8.19. The first kappa shape index (κ1) is 25.6. The molecule has 4 bridgehead atoms. The molecule has 200 valence electrons. The molecule has 0 aliphatic heterocycles. The number of ether oxygens (including phenoxy) is 2. The van der Waals surface area contributed by atoms with Gasteiger partial charge >= 0.3 is 0 Å². The number of phenols is 2. The van der Waals surface area contributed by atoms with Gasteiger partial charge < -0.3 is 19.7 Å². The van der Waals surface area contributed by atoms with E-state index >= 15 is 0 Å². The van der Waals surface area contributed by atoms with Crippen LogP contribution in [-0.2, 0) is 9.59 Å². The monoisotopic (exact) mass is 520 g/mol. The van der Waals surface area contributed by atoms with Crippen LogP contribution in [0.25, 0.3) is 0 Å². The maximum absolute atomic E-state index is 13.4. The SMILES string of the molecule is COc1cc(/C=N\NC(=O)C23CC4CC(C2)CC(C(=O)N/N=C/c2ccc(O)c(OC)c2)(C4)C3)ccc1O. The molecule has 4 N–H and O–H groups in total. The molecule has 4 fully saturated rings. The van der Waals surface area contributed by atoms with Gasteiger partial charge in [0.15, 0.2) is 23.0 Å². The van der Waals surface area contributed by atoms with Gasteiger partial charge in [-0.05, 0) is 97.9 Å². The Labute approximate surface area is 220 Å². The Bertz CT molecular complexity index is 1200. The molecule has 4 aliphatic carbocycles. The minimum Gasteiger partial charge on any atom is -0.504 e. The van der Waals surface area contributed by atoms with Crippen molar-refractivity contribution in [2.75, 3.05) is 14.2 Å². The fourth-order valence-electron chi connectivity index (χ4n) is 6.91. The van der Waals surface area contributed by atoms with Crippen LogP contribution in [0.15, 0.2) is 46.6 Å². The van der Waals surface area contributed by atoms with Gasteiger partial charge in [-0.15, -0.1) is 0 Å². The second kappa shape index (κ2) is 10.00. The highest BCUT2D eigenvalue weighted by Crippen LogP contribution is 2.65. The molecular weight excluding hydrogens is 488 g/mol. The molecule has 6 rings (SSSR count). The van der Waals surface area contributed by atoms with Gasteiger partial charge in [-0.25, -0.2) is 10.9 Å². The number of phenolic OH excluding ortho intramolecular Hbond substituents is 2. The number of hydrogen-bond donors (Lipinski definition) is 4. The largest absolute Gasteiger partial charge is 0.504 e. The Morgan fingerprint density at radius 3 is 1.63 bits per heavy atom. The number of hydrogen-bond acceptors (Lipinski definition) is 8. The quantitative estimate of drug-likeness (QED) is 0.311. The highest BCUT2D eigenvalue weighted by Gasteiger charge is 2.63. The van der Waals surface area contributed by atoms with Crippen LogP contribution in [0.3, 0.4) is 0 Å². The molecule has 10 heteroatoms. The molecule has 2 aromatic carbocycles. The van der Waals surface area contributed by atoms with Crippen LogP contribution < -0.4 is 20.3 Å². The minimum absolute atomic E-state index is 0.0259. The van der Waals surface area contributed by atoms with Gasteiger partial charge in [-0.3, -0.25) is 9.59 Å².